The number of benzene rings is 1. The van der Waals surface area contributed by atoms with Crippen LogP contribution in [0.3, 0.4) is 0 Å². The molecule has 114 valence electrons. The molecule has 3 N–H and O–H groups in total. The average Bonchev–Trinajstić information content (AvgIpc) is 2.35. The fourth-order valence-electron chi connectivity index (χ4n) is 1.41. The van der Waals surface area contributed by atoms with Crippen LogP contribution in [-0.2, 0) is 9.53 Å². The maximum atomic E-state index is 13.9. The highest BCUT2D eigenvalue weighted by Crippen LogP contribution is 2.42. The van der Waals surface area contributed by atoms with Crippen molar-refractivity contribution >= 4 is 66.2 Å². The van der Waals surface area contributed by atoms with Crippen LogP contribution in [0.5, 0.6) is 5.75 Å². The SMILES string of the molecule is CCOC(=O)C(F)[C@H](N)c1c(Br)cc(Br)c(O)c1Br.Cl. The first-order valence-corrected chi connectivity index (χ1v) is 7.61. The molecule has 0 amide bonds. The third-order valence-electron chi connectivity index (χ3n) is 2.34. The van der Waals surface area contributed by atoms with Gasteiger partial charge in [0, 0.05) is 10.0 Å². The van der Waals surface area contributed by atoms with Gasteiger partial charge in [0.1, 0.15) is 5.75 Å². The van der Waals surface area contributed by atoms with E-state index in [1.165, 1.54) is 6.07 Å². The molecule has 0 fully saturated rings. The van der Waals surface area contributed by atoms with Gasteiger partial charge in [0.2, 0.25) is 6.17 Å². The molecule has 1 unspecified atom stereocenters. The Morgan fingerprint density at radius 2 is 2.00 bits per heavy atom. The van der Waals surface area contributed by atoms with Gasteiger partial charge in [-0.25, -0.2) is 9.18 Å². The van der Waals surface area contributed by atoms with Crippen LogP contribution in [0.1, 0.15) is 18.5 Å². The van der Waals surface area contributed by atoms with Crippen LogP contribution in [-0.4, -0.2) is 23.9 Å². The first kappa shape index (κ1) is 20.1. The number of hydrogen-bond acceptors (Lipinski definition) is 4. The van der Waals surface area contributed by atoms with Gasteiger partial charge in [-0.1, -0.05) is 15.9 Å². The molecule has 1 rings (SSSR count). The van der Waals surface area contributed by atoms with Crippen LogP contribution < -0.4 is 5.73 Å². The highest BCUT2D eigenvalue weighted by atomic mass is 79.9. The number of ether oxygens (including phenoxy) is 1. The van der Waals surface area contributed by atoms with Gasteiger partial charge in [-0.3, -0.25) is 0 Å². The first-order valence-electron chi connectivity index (χ1n) is 5.23. The van der Waals surface area contributed by atoms with E-state index in [1.807, 2.05) is 0 Å². The summed E-state index contributed by atoms with van der Waals surface area (Å²) in [5.41, 5.74) is 5.98. The van der Waals surface area contributed by atoms with E-state index in [0.717, 1.165) is 0 Å². The molecule has 0 heterocycles. The molecular formula is C11H12Br3ClFNO3. The maximum absolute atomic E-state index is 13.9. The summed E-state index contributed by atoms with van der Waals surface area (Å²) in [6.45, 7) is 1.65. The molecule has 0 aliphatic carbocycles. The van der Waals surface area contributed by atoms with Crippen molar-refractivity contribution in [3.05, 3.63) is 25.0 Å². The summed E-state index contributed by atoms with van der Waals surface area (Å²) in [4.78, 5) is 11.4. The Kier molecular flexibility index (Phi) is 8.57. The summed E-state index contributed by atoms with van der Waals surface area (Å²) in [6, 6.07) is 0.259. The lowest BCUT2D eigenvalue weighted by molar-refractivity contribution is -0.149. The zero-order valence-corrected chi connectivity index (χ0v) is 15.8. The molecule has 2 atom stereocenters. The average molecular weight is 500 g/mol. The Balaban J connectivity index is 0.00000361. The van der Waals surface area contributed by atoms with Crippen molar-refractivity contribution in [3.63, 3.8) is 0 Å². The standard InChI is InChI=1S/C11H11Br3FNO3.ClH/c1-2-19-11(18)8(15)9(16)6-4(12)3-5(13)10(17)7(6)14;/h3,8-9,17H,2,16H2,1H3;1H/t8?,9-;/m1./s1. The third-order valence-corrected chi connectivity index (χ3v) is 4.41. The predicted octanol–water partition coefficient (Wildman–Crippen LogP) is 4.00. The number of nitrogens with two attached hydrogens (primary N) is 1. The molecule has 0 saturated carbocycles. The number of carbonyl (C=O) groups is 1. The second-order valence-corrected chi connectivity index (χ2v) is 6.10. The van der Waals surface area contributed by atoms with Gasteiger partial charge >= 0.3 is 5.97 Å². The van der Waals surface area contributed by atoms with Gasteiger partial charge in [-0.2, -0.15) is 0 Å². The molecular weight excluding hydrogens is 488 g/mol. The molecule has 1 aromatic carbocycles. The van der Waals surface area contributed by atoms with Crippen molar-refractivity contribution in [3.8, 4) is 5.75 Å². The highest BCUT2D eigenvalue weighted by molar-refractivity contribution is 9.11. The zero-order valence-electron chi connectivity index (χ0n) is 10.2. The number of aromatic hydroxyl groups is 1. The summed E-state index contributed by atoms with van der Waals surface area (Å²) in [5.74, 6) is -1.15. The monoisotopic (exact) mass is 497 g/mol. The van der Waals surface area contributed by atoms with Gasteiger partial charge in [0.25, 0.3) is 0 Å². The van der Waals surface area contributed by atoms with Gasteiger partial charge < -0.3 is 15.6 Å². The number of hydrogen-bond donors (Lipinski definition) is 2. The normalized spacial score (nSPS) is 13.3. The van der Waals surface area contributed by atoms with Crippen molar-refractivity contribution in [1.29, 1.82) is 0 Å². The number of phenols is 1. The van der Waals surface area contributed by atoms with E-state index in [9.17, 15) is 14.3 Å². The van der Waals surface area contributed by atoms with E-state index in [1.54, 1.807) is 6.92 Å². The van der Waals surface area contributed by atoms with Crippen LogP contribution in [0.2, 0.25) is 0 Å². The molecule has 20 heavy (non-hydrogen) atoms. The van der Waals surface area contributed by atoms with Gasteiger partial charge in [-0.05, 0) is 44.8 Å². The Bertz CT molecular complexity index is 504. The van der Waals surface area contributed by atoms with E-state index >= 15 is 0 Å². The predicted molar refractivity (Wildman–Crippen MR) is 86.9 cm³/mol. The Morgan fingerprint density at radius 3 is 2.50 bits per heavy atom. The van der Waals surface area contributed by atoms with E-state index < -0.39 is 18.2 Å². The second-order valence-electron chi connectivity index (χ2n) is 3.60. The lowest BCUT2D eigenvalue weighted by Crippen LogP contribution is -2.32. The minimum atomic E-state index is -2.02. The number of carbonyl (C=O) groups excluding carboxylic acids is 1. The topological polar surface area (TPSA) is 72.5 Å². The maximum Gasteiger partial charge on any atom is 0.342 e. The molecule has 0 bridgehead atoms. The molecule has 0 aliphatic rings. The molecule has 0 saturated heterocycles. The minimum Gasteiger partial charge on any atom is -0.506 e. The van der Waals surface area contributed by atoms with Crippen LogP contribution in [0.15, 0.2) is 19.5 Å². The zero-order chi connectivity index (χ0) is 14.7. The molecule has 9 heteroatoms. The minimum absolute atomic E-state index is 0. The third kappa shape index (κ3) is 4.30. The Hall–Kier alpha value is 0.110. The lowest BCUT2D eigenvalue weighted by Gasteiger charge is -2.19. The largest absolute Gasteiger partial charge is 0.506 e. The van der Waals surface area contributed by atoms with Gasteiger partial charge in [0.05, 0.1) is 21.6 Å². The molecule has 4 nitrogen and oxygen atoms in total. The molecule has 0 radical (unpaired) electrons. The Labute approximate surface area is 147 Å². The van der Waals surface area contributed by atoms with Crippen molar-refractivity contribution < 1.29 is 19.0 Å². The molecule has 0 aliphatic heterocycles. The number of alkyl halides is 1. The van der Waals surface area contributed by atoms with Crippen molar-refractivity contribution in [2.45, 2.75) is 19.1 Å². The second kappa shape index (κ2) is 8.53. The summed E-state index contributed by atoms with van der Waals surface area (Å²) >= 11 is 9.48. The summed E-state index contributed by atoms with van der Waals surface area (Å²) in [6.07, 6.45) is -2.02. The smallest absolute Gasteiger partial charge is 0.342 e. The quantitative estimate of drug-likeness (QED) is 0.614. The fourth-order valence-corrected chi connectivity index (χ4v) is 4.06. The summed E-state index contributed by atoms with van der Waals surface area (Å²) < 4.78 is 19.6. The molecule has 0 aromatic heterocycles. The highest BCUT2D eigenvalue weighted by Gasteiger charge is 2.31. The molecule has 1 aromatic rings. The lowest BCUT2D eigenvalue weighted by atomic mass is 10.0. The number of esters is 1. The first-order chi connectivity index (χ1) is 8.81. The fraction of sp³-hybridized carbons (Fsp3) is 0.364. The van der Waals surface area contributed by atoms with Crippen LogP contribution in [0, 0.1) is 0 Å². The van der Waals surface area contributed by atoms with Crippen LogP contribution >= 0.6 is 60.2 Å². The Morgan fingerprint density at radius 1 is 1.45 bits per heavy atom. The number of halogens is 5. The number of rotatable bonds is 4. The molecule has 0 spiro atoms. The van der Waals surface area contributed by atoms with E-state index in [2.05, 4.69) is 52.5 Å². The van der Waals surface area contributed by atoms with Crippen LogP contribution in [0.25, 0.3) is 0 Å². The summed E-state index contributed by atoms with van der Waals surface area (Å²) in [5, 5.41) is 9.78. The van der Waals surface area contributed by atoms with Gasteiger partial charge in [-0.15, -0.1) is 12.4 Å². The van der Waals surface area contributed by atoms with Crippen LogP contribution in [0.4, 0.5) is 4.39 Å². The van der Waals surface area contributed by atoms with Crippen molar-refractivity contribution in [1.82, 2.24) is 0 Å². The van der Waals surface area contributed by atoms with Crippen molar-refractivity contribution in [2.24, 2.45) is 5.73 Å². The van der Waals surface area contributed by atoms with Gasteiger partial charge in [0.15, 0.2) is 0 Å². The van der Waals surface area contributed by atoms with E-state index in [4.69, 9.17) is 5.73 Å². The van der Waals surface area contributed by atoms with E-state index in [-0.39, 0.29) is 34.8 Å². The summed E-state index contributed by atoms with van der Waals surface area (Å²) in [7, 11) is 0. The van der Waals surface area contributed by atoms with E-state index in [0.29, 0.717) is 8.95 Å². The number of phenolic OH excluding ortho intramolecular Hbond substituents is 1. The van der Waals surface area contributed by atoms with Crippen molar-refractivity contribution in [2.75, 3.05) is 6.61 Å².